The molecule has 0 spiro atoms. The number of carboxylic acid groups (broad SMARTS) is 1. The number of hydrogen-bond donors (Lipinski definition) is 2. The molecule has 2 rings (SSSR count). The van der Waals surface area contributed by atoms with Gasteiger partial charge < -0.3 is 15.3 Å². The maximum Gasteiger partial charge on any atom is 0.307 e. The van der Waals surface area contributed by atoms with E-state index in [1.807, 2.05) is 18.7 Å². The summed E-state index contributed by atoms with van der Waals surface area (Å²) >= 11 is 0. The van der Waals surface area contributed by atoms with E-state index < -0.39 is 5.97 Å². The van der Waals surface area contributed by atoms with E-state index in [9.17, 15) is 14.4 Å². The van der Waals surface area contributed by atoms with Crippen molar-refractivity contribution in [2.24, 2.45) is 11.8 Å². The molecular formula is C18H24N2O4. The van der Waals surface area contributed by atoms with E-state index in [1.165, 1.54) is 0 Å². The van der Waals surface area contributed by atoms with Crippen LogP contribution in [0.4, 0.5) is 5.69 Å². The first-order chi connectivity index (χ1) is 11.4. The summed E-state index contributed by atoms with van der Waals surface area (Å²) in [7, 11) is 0. The highest BCUT2D eigenvalue weighted by Gasteiger charge is 2.28. The fraction of sp³-hybridized carbons (Fsp3) is 0.500. The third-order valence-corrected chi connectivity index (χ3v) is 4.22. The van der Waals surface area contributed by atoms with E-state index in [-0.39, 0.29) is 30.1 Å². The number of rotatable bonds is 5. The lowest BCUT2D eigenvalue weighted by atomic mass is 9.95. The Morgan fingerprint density at radius 3 is 2.50 bits per heavy atom. The summed E-state index contributed by atoms with van der Waals surface area (Å²) in [6.45, 7) is 4.97. The van der Waals surface area contributed by atoms with Crippen molar-refractivity contribution in [1.82, 2.24) is 4.90 Å². The first-order valence-corrected chi connectivity index (χ1v) is 8.27. The van der Waals surface area contributed by atoms with Crippen molar-refractivity contribution in [2.45, 2.75) is 33.1 Å². The van der Waals surface area contributed by atoms with Crippen molar-refractivity contribution in [2.75, 3.05) is 18.4 Å². The first kappa shape index (κ1) is 18.0. The number of likely N-dealkylation sites (tertiary alicyclic amines) is 1. The molecule has 0 saturated carbocycles. The van der Waals surface area contributed by atoms with Gasteiger partial charge in [-0.1, -0.05) is 26.0 Å². The maximum atomic E-state index is 12.4. The monoisotopic (exact) mass is 332 g/mol. The van der Waals surface area contributed by atoms with Crippen LogP contribution in [0.1, 0.15) is 32.3 Å². The van der Waals surface area contributed by atoms with Crippen LogP contribution in [-0.2, 0) is 20.8 Å². The Hall–Kier alpha value is -2.37. The molecule has 0 atom stereocenters. The van der Waals surface area contributed by atoms with Gasteiger partial charge in [-0.3, -0.25) is 14.4 Å². The predicted molar refractivity (Wildman–Crippen MR) is 90.6 cm³/mol. The Bertz CT molecular complexity index is 619. The van der Waals surface area contributed by atoms with Gasteiger partial charge in [0.05, 0.1) is 6.42 Å². The standard InChI is InChI=1S/C18H24N2O4/c1-12(2)18(24)20-8-6-14(7-9-20)17(23)19-15-5-3-4-13(10-15)11-16(21)22/h3-5,10,12,14H,6-9,11H2,1-2H3,(H,19,23)(H,21,22). The van der Waals surface area contributed by atoms with Gasteiger partial charge >= 0.3 is 5.97 Å². The molecule has 0 unspecified atom stereocenters. The van der Waals surface area contributed by atoms with E-state index in [4.69, 9.17) is 5.11 Å². The number of hydrogen-bond acceptors (Lipinski definition) is 3. The Kier molecular flexibility index (Phi) is 5.95. The molecule has 0 radical (unpaired) electrons. The predicted octanol–water partition coefficient (Wildman–Crippen LogP) is 2.15. The highest BCUT2D eigenvalue weighted by molar-refractivity contribution is 5.93. The molecule has 1 aromatic rings. The van der Waals surface area contributed by atoms with Crippen molar-refractivity contribution in [3.05, 3.63) is 29.8 Å². The number of nitrogens with zero attached hydrogens (tertiary/aromatic N) is 1. The van der Waals surface area contributed by atoms with E-state index >= 15 is 0 Å². The minimum Gasteiger partial charge on any atom is -0.481 e. The summed E-state index contributed by atoms with van der Waals surface area (Å²) in [5.74, 6) is -0.980. The second-order valence-corrected chi connectivity index (χ2v) is 6.51. The van der Waals surface area contributed by atoms with Gasteiger partial charge in [0.2, 0.25) is 11.8 Å². The molecule has 1 saturated heterocycles. The second kappa shape index (κ2) is 7.95. The van der Waals surface area contributed by atoms with Crippen molar-refractivity contribution in [1.29, 1.82) is 0 Å². The molecule has 1 aromatic carbocycles. The summed E-state index contributed by atoms with van der Waals surface area (Å²) < 4.78 is 0. The molecule has 1 aliphatic rings. The van der Waals surface area contributed by atoms with Crippen LogP contribution >= 0.6 is 0 Å². The molecule has 24 heavy (non-hydrogen) atoms. The van der Waals surface area contributed by atoms with Crippen molar-refractivity contribution >= 4 is 23.5 Å². The summed E-state index contributed by atoms with van der Waals surface area (Å²) in [6.07, 6.45) is 1.23. The van der Waals surface area contributed by atoms with Gasteiger partial charge in [0, 0.05) is 30.6 Å². The van der Waals surface area contributed by atoms with Gasteiger partial charge in [0.1, 0.15) is 0 Å². The summed E-state index contributed by atoms with van der Waals surface area (Å²) in [5.41, 5.74) is 1.26. The van der Waals surface area contributed by atoms with Crippen LogP contribution in [0.25, 0.3) is 0 Å². The number of benzene rings is 1. The van der Waals surface area contributed by atoms with Gasteiger partial charge in [-0.15, -0.1) is 0 Å². The quantitative estimate of drug-likeness (QED) is 0.865. The van der Waals surface area contributed by atoms with Gasteiger partial charge in [-0.05, 0) is 30.5 Å². The third-order valence-electron chi connectivity index (χ3n) is 4.22. The Morgan fingerprint density at radius 1 is 1.25 bits per heavy atom. The molecule has 6 heteroatoms. The van der Waals surface area contributed by atoms with E-state index in [0.717, 1.165) is 0 Å². The molecule has 1 aliphatic heterocycles. The minimum atomic E-state index is -0.902. The number of nitrogens with one attached hydrogen (secondary N) is 1. The first-order valence-electron chi connectivity index (χ1n) is 8.27. The topological polar surface area (TPSA) is 86.7 Å². The number of carbonyl (C=O) groups excluding carboxylic acids is 2. The van der Waals surface area contributed by atoms with Crippen LogP contribution in [0, 0.1) is 11.8 Å². The molecule has 6 nitrogen and oxygen atoms in total. The van der Waals surface area contributed by atoms with E-state index in [2.05, 4.69) is 5.32 Å². The lowest BCUT2D eigenvalue weighted by Gasteiger charge is -2.32. The average molecular weight is 332 g/mol. The number of carboxylic acids is 1. The van der Waals surface area contributed by atoms with E-state index in [0.29, 0.717) is 37.2 Å². The molecule has 2 N–H and O–H groups in total. The number of amides is 2. The zero-order valence-corrected chi connectivity index (χ0v) is 14.1. The molecule has 1 heterocycles. The lowest BCUT2D eigenvalue weighted by molar-refractivity contribution is -0.137. The van der Waals surface area contributed by atoms with Crippen molar-refractivity contribution < 1.29 is 19.5 Å². The van der Waals surface area contributed by atoms with Crippen molar-refractivity contribution in [3.63, 3.8) is 0 Å². The molecule has 0 aliphatic carbocycles. The van der Waals surface area contributed by atoms with Crippen LogP contribution in [0.5, 0.6) is 0 Å². The normalized spacial score (nSPS) is 15.4. The largest absolute Gasteiger partial charge is 0.481 e. The zero-order valence-electron chi connectivity index (χ0n) is 14.1. The smallest absolute Gasteiger partial charge is 0.307 e. The zero-order chi connectivity index (χ0) is 17.7. The number of aliphatic carboxylic acids is 1. The van der Waals surface area contributed by atoms with Gasteiger partial charge in [-0.25, -0.2) is 0 Å². The lowest BCUT2D eigenvalue weighted by Crippen LogP contribution is -2.43. The van der Waals surface area contributed by atoms with Crippen LogP contribution < -0.4 is 5.32 Å². The molecule has 0 bridgehead atoms. The van der Waals surface area contributed by atoms with Crippen LogP contribution in [0.3, 0.4) is 0 Å². The summed E-state index contributed by atoms with van der Waals surface area (Å²) in [6, 6.07) is 6.89. The maximum absolute atomic E-state index is 12.4. The van der Waals surface area contributed by atoms with Crippen LogP contribution in [-0.4, -0.2) is 40.9 Å². The van der Waals surface area contributed by atoms with Crippen LogP contribution in [0.2, 0.25) is 0 Å². The average Bonchev–Trinajstić information content (AvgIpc) is 2.54. The van der Waals surface area contributed by atoms with Gasteiger partial charge in [0.15, 0.2) is 0 Å². The van der Waals surface area contributed by atoms with Crippen molar-refractivity contribution in [3.8, 4) is 0 Å². The van der Waals surface area contributed by atoms with E-state index in [1.54, 1.807) is 24.3 Å². The highest BCUT2D eigenvalue weighted by atomic mass is 16.4. The minimum absolute atomic E-state index is 0.0210. The Morgan fingerprint density at radius 2 is 1.92 bits per heavy atom. The molecule has 2 amide bonds. The molecule has 130 valence electrons. The molecular weight excluding hydrogens is 308 g/mol. The fourth-order valence-electron chi connectivity index (χ4n) is 2.91. The third kappa shape index (κ3) is 4.81. The van der Waals surface area contributed by atoms with Gasteiger partial charge in [-0.2, -0.15) is 0 Å². The number of piperidine rings is 1. The summed E-state index contributed by atoms with van der Waals surface area (Å²) in [5, 5.41) is 11.7. The fourth-order valence-corrected chi connectivity index (χ4v) is 2.91. The molecule has 0 aromatic heterocycles. The molecule has 1 fully saturated rings. The SMILES string of the molecule is CC(C)C(=O)N1CCC(C(=O)Nc2cccc(CC(=O)O)c2)CC1. The Labute approximate surface area is 141 Å². The summed E-state index contributed by atoms with van der Waals surface area (Å²) in [4.78, 5) is 36.9. The number of anilines is 1. The van der Waals surface area contributed by atoms with Gasteiger partial charge in [0.25, 0.3) is 0 Å². The Balaban J connectivity index is 1.90. The number of carbonyl (C=O) groups is 3. The van der Waals surface area contributed by atoms with Crippen LogP contribution in [0.15, 0.2) is 24.3 Å². The second-order valence-electron chi connectivity index (χ2n) is 6.51. The highest BCUT2D eigenvalue weighted by Crippen LogP contribution is 2.21.